The molecule has 1 saturated heterocycles. The van der Waals surface area contributed by atoms with Gasteiger partial charge in [0.25, 0.3) is 0 Å². The second-order valence-electron chi connectivity index (χ2n) is 3.11. The highest BCUT2D eigenvalue weighted by molar-refractivity contribution is 6.31. The maximum Gasteiger partial charge on any atom is 0.112 e. The molecule has 1 aliphatic heterocycles. The predicted molar refractivity (Wildman–Crippen MR) is 60.1 cm³/mol. The molecule has 78 valence electrons. The van der Waals surface area contributed by atoms with Crippen LogP contribution < -0.4 is 5.32 Å². The highest BCUT2D eigenvalue weighted by Gasteiger charge is 2.15. The fourth-order valence-corrected chi connectivity index (χ4v) is 1.69. The van der Waals surface area contributed by atoms with Crippen LogP contribution in [0.4, 0.5) is 0 Å². The van der Waals surface area contributed by atoms with Crippen molar-refractivity contribution >= 4 is 24.0 Å². The normalized spacial score (nSPS) is 20.5. The lowest BCUT2D eigenvalue weighted by Gasteiger charge is -2.10. The lowest BCUT2D eigenvalue weighted by molar-refractivity contribution is 0.102. The number of benzene rings is 1. The molecule has 0 bridgehead atoms. The Balaban J connectivity index is 0.000000980. The van der Waals surface area contributed by atoms with Crippen LogP contribution in [0.1, 0.15) is 5.56 Å². The van der Waals surface area contributed by atoms with Crippen LogP contribution in [0.3, 0.4) is 0 Å². The van der Waals surface area contributed by atoms with Gasteiger partial charge in [0.2, 0.25) is 0 Å². The number of nitrogens with one attached hydrogen (secondary N) is 1. The van der Waals surface area contributed by atoms with Gasteiger partial charge in [-0.3, -0.25) is 5.32 Å². The summed E-state index contributed by atoms with van der Waals surface area (Å²) in [6.45, 7) is 1.74. The zero-order valence-electron chi connectivity index (χ0n) is 7.70. The largest absolute Gasteiger partial charge is 0.362 e. The third-order valence-electron chi connectivity index (χ3n) is 2.16. The topological polar surface area (TPSA) is 21.3 Å². The number of ether oxygens (including phenoxy) is 1. The molecule has 14 heavy (non-hydrogen) atoms. The van der Waals surface area contributed by atoms with Crippen LogP contribution in [-0.2, 0) is 11.2 Å². The minimum absolute atomic E-state index is 0. The highest BCUT2D eigenvalue weighted by atomic mass is 35.5. The van der Waals surface area contributed by atoms with Gasteiger partial charge in [0.1, 0.15) is 6.23 Å². The van der Waals surface area contributed by atoms with Gasteiger partial charge in [-0.05, 0) is 11.6 Å². The summed E-state index contributed by atoms with van der Waals surface area (Å²) >= 11 is 6.02. The van der Waals surface area contributed by atoms with Crippen molar-refractivity contribution in [2.45, 2.75) is 12.6 Å². The molecule has 1 unspecified atom stereocenters. The first kappa shape index (κ1) is 11.8. The summed E-state index contributed by atoms with van der Waals surface area (Å²) in [7, 11) is 0. The van der Waals surface area contributed by atoms with Crippen LogP contribution in [0, 0.1) is 0 Å². The minimum Gasteiger partial charge on any atom is -0.362 e. The van der Waals surface area contributed by atoms with Gasteiger partial charge in [-0.1, -0.05) is 29.8 Å². The first-order chi connectivity index (χ1) is 6.36. The van der Waals surface area contributed by atoms with E-state index in [9.17, 15) is 0 Å². The van der Waals surface area contributed by atoms with Crippen LogP contribution in [0.25, 0.3) is 0 Å². The summed E-state index contributed by atoms with van der Waals surface area (Å²) in [5.41, 5.74) is 1.14. The Labute approximate surface area is 95.0 Å². The molecule has 1 aromatic rings. The van der Waals surface area contributed by atoms with Crippen LogP contribution >= 0.6 is 24.0 Å². The van der Waals surface area contributed by atoms with Gasteiger partial charge >= 0.3 is 0 Å². The molecule has 0 radical (unpaired) electrons. The van der Waals surface area contributed by atoms with Gasteiger partial charge in [0, 0.05) is 18.0 Å². The zero-order valence-corrected chi connectivity index (χ0v) is 9.27. The van der Waals surface area contributed by atoms with Crippen molar-refractivity contribution in [1.29, 1.82) is 0 Å². The average Bonchev–Trinajstić information content (AvgIpc) is 2.61. The summed E-state index contributed by atoms with van der Waals surface area (Å²) in [5, 5.41) is 4.07. The number of hydrogen-bond acceptors (Lipinski definition) is 2. The maximum atomic E-state index is 6.02. The van der Waals surface area contributed by atoms with Crippen molar-refractivity contribution in [3.05, 3.63) is 34.9 Å². The van der Waals surface area contributed by atoms with Crippen LogP contribution in [0.5, 0.6) is 0 Å². The van der Waals surface area contributed by atoms with E-state index >= 15 is 0 Å². The lowest BCUT2D eigenvalue weighted by Crippen LogP contribution is -2.24. The Morgan fingerprint density at radius 2 is 2.21 bits per heavy atom. The molecule has 1 N–H and O–H groups in total. The Morgan fingerprint density at radius 1 is 1.43 bits per heavy atom. The van der Waals surface area contributed by atoms with E-state index in [2.05, 4.69) is 5.32 Å². The van der Waals surface area contributed by atoms with E-state index in [0.29, 0.717) is 0 Å². The van der Waals surface area contributed by atoms with E-state index in [1.165, 1.54) is 0 Å². The molecule has 0 aromatic heterocycles. The van der Waals surface area contributed by atoms with E-state index in [0.717, 1.165) is 30.2 Å². The van der Waals surface area contributed by atoms with Crippen molar-refractivity contribution in [2.75, 3.05) is 13.2 Å². The van der Waals surface area contributed by atoms with E-state index in [-0.39, 0.29) is 18.6 Å². The molecule has 1 aliphatic rings. The predicted octanol–water partition coefficient (Wildman–Crippen LogP) is 2.25. The quantitative estimate of drug-likeness (QED) is 0.847. The van der Waals surface area contributed by atoms with Gasteiger partial charge in [-0.2, -0.15) is 0 Å². The fourth-order valence-electron chi connectivity index (χ4n) is 1.47. The summed E-state index contributed by atoms with van der Waals surface area (Å²) in [4.78, 5) is 0. The lowest BCUT2D eigenvalue weighted by atomic mass is 10.1. The molecule has 0 saturated carbocycles. The molecule has 1 fully saturated rings. The smallest absolute Gasteiger partial charge is 0.112 e. The Bertz CT molecular complexity index is 287. The summed E-state index contributed by atoms with van der Waals surface area (Å²) in [5.74, 6) is 0. The summed E-state index contributed by atoms with van der Waals surface area (Å²) in [6.07, 6.45) is 0.986. The number of hydrogen-bond donors (Lipinski definition) is 1. The molecule has 1 aromatic carbocycles. The second-order valence-corrected chi connectivity index (χ2v) is 3.52. The standard InChI is InChI=1S/C10H12ClNO.ClH/c11-9-4-2-1-3-8(9)7-10-12-5-6-13-10;/h1-4,10,12H,5-7H2;1H. The minimum atomic E-state index is 0. The monoisotopic (exact) mass is 233 g/mol. The van der Waals surface area contributed by atoms with Gasteiger partial charge < -0.3 is 4.74 Å². The number of halogens is 2. The Kier molecular flexibility index (Phi) is 4.69. The fraction of sp³-hybridized carbons (Fsp3) is 0.400. The molecule has 1 atom stereocenters. The second kappa shape index (κ2) is 5.56. The Morgan fingerprint density at radius 3 is 2.86 bits per heavy atom. The van der Waals surface area contributed by atoms with Gasteiger partial charge in [0.05, 0.1) is 6.61 Å². The van der Waals surface area contributed by atoms with E-state index in [1.807, 2.05) is 24.3 Å². The number of rotatable bonds is 2. The Hall–Kier alpha value is -0.280. The molecular formula is C10H13Cl2NO. The van der Waals surface area contributed by atoms with E-state index in [4.69, 9.17) is 16.3 Å². The third kappa shape index (κ3) is 2.85. The van der Waals surface area contributed by atoms with Crippen molar-refractivity contribution < 1.29 is 4.74 Å². The SMILES string of the molecule is Cl.Clc1ccccc1CC1NCCO1. The van der Waals surface area contributed by atoms with Gasteiger partial charge in [0.15, 0.2) is 0 Å². The highest BCUT2D eigenvalue weighted by Crippen LogP contribution is 2.17. The molecule has 1 heterocycles. The molecule has 2 nitrogen and oxygen atoms in total. The average molecular weight is 234 g/mol. The van der Waals surface area contributed by atoms with Crippen LogP contribution in [0.2, 0.25) is 5.02 Å². The maximum absolute atomic E-state index is 6.02. The molecule has 0 spiro atoms. The van der Waals surface area contributed by atoms with Crippen molar-refractivity contribution in [1.82, 2.24) is 5.32 Å². The van der Waals surface area contributed by atoms with Crippen LogP contribution in [0.15, 0.2) is 24.3 Å². The first-order valence-electron chi connectivity index (χ1n) is 4.44. The van der Waals surface area contributed by atoms with E-state index < -0.39 is 0 Å². The molecule has 0 amide bonds. The zero-order chi connectivity index (χ0) is 9.10. The molecular weight excluding hydrogens is 221 g/mol. The third-order valence-corrected chi connectivity index (χ3v) is 2.52. The van der Waals surface area contributed by atoms with Crippen LogP contribution in [-0.4, -0.2) is 19.4 Å². The molecule has 4 heteroatoms. The van der Waals surface area contributed by atoms with Crippen molar-refractivity contribution in [3.63, 3.8) is 0 Å². The summed E-state index contributed by atoms with van der Waals surface area (Å²) in [6, 6.07) is 7.88. The van der Waals surface area contributed by atoms with Crippen molar-refractivity contribution in [3.8, 4) is 0 Å². The molecule has 2 rings (SSSR count). The first-order valence-corrected chi connectivity index (χ1v) is 4.82. The van der Waals surface area contributed by atoms with E-state index in [1.54, 1.807) is 0 Å². The van der Waals surface area contributed by atoms with Gasteiger partial charge in [-0.25, -0.2) is 0 Å². The summed E-state index contributed by atoms with van der Waals surface area (Å²) < 4.78 is 5.44. The molecule has 0 aliphatic carbocycles. The van der Waals surface area contributed by atoms with Gasteiger partial charge in [-0.15, -0.1) is 12.4 Å². The van der Waals surface area contributed by atoms with Crippen molar-refractivity contribution in [2.24, 2.45) is 0 Å².